The number of benzene rings is 1. The van der Waals surface area contributed by atoms with Crippen LogP contribution in [0.3, 0.4) is 0 Å². The highest BCUT2D eigenvalue weighted by atomic mass is 32.2. The first-order valence-electron chi connectivity index (χ1n) is 8.55. The third kappa shape index (κ3) is 5.03. The summed E-state index contributed by atoms with van der Waals surface area (Å²) >= 11 is 0. The second-order valence-electron chi connectivity index (χ2n) is 6.43. The van der Waals surface area contributed by atoms with E-state index in [0.717, 1.165) is 12.8 Å². The van der Waals surface area contributed by atoms with E-state index in [4.69, 9.17) is 5.11 Å². The lowest BCUT2D eigenvalue weighted by atomic mass is 10.2. The lowest BCUT2D eigenvalue weighted by Crippen LogP contribution is -2.37. The third-order valence-electron chi connectivity index (χ3n) is 4.55. The van der Waals surface area contributed by atoms with Gasteiger partial charge in [-0.15, -0.1) is 0 Å². The first-order valence-corrected chi connectivity index (χ1v) is 9.99. The van der Waals surface area contributed by atoms with Gasteiger partial charge < -0.3 is 10.4 Å². The molecule has 8 nitrogen and oxygen atoms in total. The van der Waals surface area contributed by atoms with Crippen LogP contribution in [0.25, 0.3) is 0 Å². The van der Waals surface area contributed by atoms with Gasteiger partial charge in [-0.1, -0.05) is 0 Å². The van der Waals surface area contributed by atoms with Crippen molar-refractivity contribution in [2.45, 2.75) is 37.1 Å². The molecule has 1 saturated heterocycles. The number of rotatable bonds is 8. The van der Waals surface area contributed by atoms with Crippen molar-refractivity contribution in [1.82, 2.24) is 9.21 Å². The van der Waals surface area contributed by atoms with Crippen molar-refractivity contribution in [1.29, 1.82) is 0 Å². The number of hydrogen-bond donors (Lipinski definition) is 2. The molecule has 2 N–H and O–H groups in total. The van der Waals surface area contributed by atoms with E-state index in [2.05, 4.69) is 5.32 Å². The monoisotopic (exact) mass is 383 g/mol. The number of carboxylic acids is 1. The SMILES string of the molecule is CC(C(=O)O)N(C)CCC(=O)Nc1ccc(S(=O)(=O)N2CCCC2)cc1. The molecule has 0 aliphatic carbocycles. The number of amides is 1. The van der Waals surface area contributed by atoms with Crippen molar-refractivity contribution < 1.29 is 23.1 Å². The summed E-state index contributed by atoms with van der Waals surface area (Å²) < 4.78 is 26.4. The summed E-state index contributed by atoms with van der Waals surface area (Å²) in [5, 5.41) is 11.6. The second kappa shape index (κ2) is 8.61. The molecular formula is C17H25N3O5S. The van der Waals surface area contributed by atoms with E-state index in [-0.39, 0.29) is 17.2 Å². The van der Waals surface area contributed by atoms with Gasteiger partial charge in [0, 0.05) is 31.7 Å². The normalized spacial score (nSPS) is 16.6. The molecular weight excluding hydrogens is 358 g/mol. The molecule has 1 atom stereocenters. The van der Waals surface area contributed by atoms with Gasteiger partial charge in [0.2, 0.25) is 15.9 Å². The molecule has 9 heteroatoms. The van der Waals surface area contributed by atoms with Crippen molar-refractivity contribution in [3.05, 3.63) is 24.3 Å². The van der Waals surface area contributed by atoms with Crippen LogP contribution in [0.1, 0.15) is 26.2 Å². The Bertz CT molecular complexity index is 742. The molecule has 1 aromatic carbocycles. The zero-order chi connectivity index (χ0) is 19.3. The Kier molecular flexibility index (Phi) is 6.74. The molecule has 1 fully saturated rings. The molecule has 26 heavy (non-hydrogen) atoms. The second-order valence-corrected chi connectivity index (χ2v) is 8.37. The fourth-order valence-corrected chi connectivity index (χ4v) is 4.19. The number of carbonyl (C=O) groups excluding carboxylic acids is 1. The van der Waals surface area contributed by atoms with Gasteiger partial charge in [0.25, 0.3) is 0 Å². The summed E-state index contributed by atoms with van der Waals surface area (Å²) in [6.07, 6.45) is 1.90. The number of nitrogens with zero attached hydrogens (tertiary/aromatic N) is 2. The van der Waals surface area contributed by atoms with E-state index in [1.807, 2.05) is 0 Å². The maximum Gasteiger partial charge on any atom is 0.320 e. The molecule has 1 amide bonds. The van der Waals surface area contributed by atoms with Gasteiger partial charge in [-0.25, -0.2) is 8.42 Å². The molecule has 0 radical (unpaired) electrons. The molecule has 1 aliphatic heterocycles. The van der Waals surface area contributed by atoms with E-state index in [1.54, 1.807) is 31.0 Å². The van der Waals surface area contributed by atoms with Crippen LogP contribution < -0.4 is 5.32 Å². The average Bonchev–Trinajstić information content (AvgIpc) is 3.15. The molecule has 1 aromatic rings. The Morgan fingerprint density at radius 3 is 2.35 bits per heavy atom. The zero-order valence-electron chi connectivity index (χ0n) is 15.0. The van der Waals surface area contributed by atoms with Crippen LogP contribution in [0.4, 0.5) is 5.69 Å². The first-order chi connectivity index (χ1) is 12.2. The van der Waals surface area contributed by atoms with Gasteiger partial charge in [0.15, 0.2) is 0 Å². The van der Waals surface area contributed by atoms with Crippen LogP contribution in [0.2, 0.25) is 0 Å². The summed E-state index contributed by atoms with van der Waals surface area (Å²) in [4.78, 5) is 24.7. The molecule has 1 heterocycles. The number of nitrogens with one attached hydrogen (secondary N) is 1. The van der Waals surface area contributed by atoms with E-state index in [1.165, 1.54) is 16.4 Å². The number of sulfonamides is 1. The molecule has 0 aromatic heterocycles. The van der Waals surface area contributed by atoms with E-state index in [9.17, 15) is 18.0 Å². The van der Waals surface area contributed by atoms with Crippen LogP contribution in [-0.2, 0) is 19.6 Å². The predicted molar refractivity (Wildman–Crippen MR) is 97.4 cm³/mol. The topological polar surface area (TPSA) is 107 Å². The van der Waals surface area contributed by atoms with E-state index >= 15 is 0 Å². The molecule has 1 aliphatic rings. The van der Waals surface area contributed by atoms with Crippen molar-refractivity contribution in [3.63, 3.8) is 0 Å². The molecule has 0 saturated carbocycles. The quantitative estimate of drug-likeness (QED) is 0.699. The molecule has 2 rings (SSSR count). The van der Waals surface area contributed by atoms with Crippen LogP contribution in [0.5, 0.6) is 0 Å². The van der Waals surface area contributed by atoms with E-state index < -0.39 is 22.0 Å². The van der Waals surface area contributed by atoms with Crippen molar-refractivity contribution in [3.8, 4) is 0 Å². The summed E-state index contributed by atoms with van der Waals surface area (Å²) in [6.45, 7) is 2.95. The van der Waals surface area contributed by atoms with Crippen LogP contribution >= 0.6 is 0 Å². The minimum Gasteiger partial charge on any atom is -0.480 e. The van der Waals surface area contributed by atoms with Gasteiger partial charge in [-0.3, -0.25) is 14.5 Å². The van der Waals surface area contributed by atoms with E-state index in [0.29, 0.717) is 25.3 Å². The standard InChI is InChI=1S/C17H25N3O5S/c1-13(17(22)23)19(2)12-9-16(21)18-14-5-7-15(8-6-14)26(24,25)20-10-3-4-11-20/h5-8,13H,3-4,9-12H2,1-2H3,(H,18,21)(H,22,23). The Labute approximate surface area is 153 Å². The number of carboxylic acid groups (broad SMARTS) is 1. The van der Waals surface area contributed by atoms with Crippen molar-refractivity contribution >= 4 is 27.6 Å². The minimum absolute atomic E-state index is 0.141. The highest BCUT2D eigenvalue weighted by Crippen LogP contribution is 2.22. The number of carbonyl (C=O) groups is 2. The highest BCUT2D eigenvalue weighted by Gasteiger charge is 2.27. The minimum atomic E-state index is -3.46. The van der Waals surface area contributed by atoms with Gasteiger partial charge in [0.1, 0.15) is 6.04 Å². The summed E-state index contributed by atoms with van der Waals surface area (Å²) in [7, 11) is -1.82. The highest BCUT2D eigenvalue weighted by molar-refractivity contribution is 7.89. The van der Waals surface area contributed by atoms with Crippen LogP contribution in [0, 0.1) is 0 Å². The Morgan fingerprint density at radius 2 is 1.81 bits per heavy atom. The smallest absolute Gasteiger partial charge is 0.320 e. The Balaban J connectivity index is 1.90. The number of aliphatic carboxylic acids is 1. The maximum atomic E-state index is 12.4. The van der Waals surface area contributed by atoms with Gasteiger partial charge in [-0.2, -0.15) is 4.31 Å². The fraction of sp³-hybridized carbons (Fsp3) is 0.529. The molecule has 144 valence electrons. The lowest BCUT2D eigenvalue weighted by Gasteiger charge is -2.20. The van der Waals surface area contributed by atoms with Crippen molar-refractivity contribution in [2.75, 3.05) is 32.0 Å². The van der Waals surface area contributed by atoms with Crippen LogP contribution in [-0.4, -0.2) is 67.3 Å². The molecule has 0 spiro atoms. The fourth-order valence-electron chi connectivity index (χ4n) is 2.67. The number of anilines is 1. The third-order valence-corrected chi connectivity index (χ3v) is 6.46. The maximum absolute atomic E-state index is 12.4. The van der Waals surface area contributed by atoms with Gasteiger partial charge >= 0.3 is 5.97 Å². The summed E-state index contributed by atoms with van der Waals surface area (Å²) in [6, 6.07) is 5.43. The number of likely N-dealkylation sites (N-methyl/N-ethyl adjacent to an activating group) is 1. The number of hydrogen-bond acceptors (Lipinski definition) is 5. The van der Waals surface area contributed by atoms with Crippen LogP contribution in [0.15, 0.2) is 29.2 Å². The van der Waals surface area contributed by atoms with Gasteiger partial charge in [0.05, 0.1) is 4.90 Å². The summed E-state index contributed by atoms with van der Waals surface area (Å²) in [5.41, 5.74) is 0.504. The molecule has 0 bridgehead atoms. The Hall–Kier alpha value is -1.97. The first kappa shape index (κ1) is 20.3. The average molecular weight is 383 g/mol. The zero-order valence-corrected chi connectivity index (χ0v) is 15.8. The molecule has 1 unspecified atom stereocenters. The Morgan fingerprint density at radius 1 is 1.23 bits per heavy atom. The lowest BCUT2D eigenvalue weighted by molar-refractivity contribution is -0.142. The largest absolute Gasteiger partial charge is 0.480 e. The van der Waals surface area contributed by atoms with Gasteiger partial charge in [-0.05, 0) is 51.1 Å². The summed E-state index contributed by atoms with van der Waals surface area (Å²) in [5.74, 6) is -1.20. The predicted octanol–water partition coefficient (Wildman–Crippen LogP) is 1.20. The van der Waals surface area contributed by atoms with Crippen molar-refractivity contribution in [2.24, 2.45) is 0 Å².